The topological polar surface area (TPSA) is 228 Å². The van der Waals surface area contributed by atoms with Gasteiger partial charge in [-0.25, -0.2) is 0 Å². The number of aliphatic hydroxyl groups is 8. The van der Waals surface area contributed by atoms with E-state index in [1.807, 2.05) is 6.08 Å². The fraction of sp³-hybridized carbons (Fsp3) is 0.868. The van der Waals surface area contributed by atoms with Gasteiger partial charge in [-0.2, -0.15) is 0 Å². The summed E-state index contributed by atoms with van der Waals surface area (Å²) in [5, 5.41) is 86.7. The van der Waals surface area contributed by atoms with Crippen molar-refractivity contribution < 1.29 is 64.6 Å². The molecule has 0 aromatic heterocycles. The summed E-state index contributed by atoms with van der Waals surface area (Å²) >= 11 is 0. The average molecular weight is 956 g/mol. The van der Waals surface area contributed by atoms with Crippen molar-refractivity contribution in [1.29, 1.82) is 0 Å². The molecule has 0 aromatic rings. The third-order valence-electron chi connectivity index (χ3n) is 13.0. The Bertz CT molecular complexity index is 1270. The number of allylic oxidation sites excluding steroid dienone is 5. The SMILES string of the molecule is CCCC/C=C\CCCCCCCC(=O)NC(COC1OC(CO)C(OC2OC(CO)C(O)C(O)C2O)C(O)C1O)C(O)/C=C/CC/C=C/CCCCCCCCCCCCCCCCCC. The van der Waals surface area contributed by atoms with Gasteiger partial charge in [0.2, 0.25) is 5.91 Å². The summed E-state index contributed by atoms with van der Waals surface area (Å²) in [5.41, 5.74) is 0. The molecule has 0 aromatic carbocycles. The van der Waals surface area contributed by atoms with Gasteiger partial charge >= 0.3 is 0 Å². The second-order valence-corrected chi connectivity index (χ2v) is 19.0. The van der Waals surface area contributed by atoms with Crippen LogP contribution >= 0.6 is 0 Å². The summed E-state index contributed by atoms with van der Waals surface area (Å²) in [4.78, 5) is 13.1. The van der Waals surface area contributed by atoms with Crippen LogP contribution in [-0.4, -0.2) is 140 Å². The Balaban J connectivity index is 1.81. The number of aliphatic hydroxyl groups excluding tert-OH is 8. The molecule has 2 aliphatic rings. The minimum absolute atomic E-state index is 0.261. The lowest BCUT2D eigenvalue weighted by Gasteiger charge is -2.46. The number of nitrogens with one attached hydrogen (secondary N) is 1. The fourth-order valence-electron chi connectivity index (χ4n) is 8.64. The van der Waals surface area contributed by atoms with Crippen molar-refractivity contribution in [3.63, 3.8) is 0 Å². The Labute approximate surface area is 404 Å². The van der Waals surface area contributed by atoms with Crippen LogP contribution in [0.3, 0.4) is 0 Å². The normalized spacial score (nSPS) is 26.8. The summed E-state index contributed by atoms with van der Waals surface area (Å²) in [6.45, 7) is 2.72. The standard InChI is InChI=1S/C53H97NO13/c1-3-5-7-9-11-13-15-16-17-18-19-20-21-22-23-24-25-27-28-30-32-34-36-42(57)41(54-45(58)37-35-33-31-29-26-14-12-10-8-6-4-2)40-64-52-50(63)48(61)51(44(39-56)66-52)67-53-49(62)47(60)46(59)43(38-55)65-53/h10,12,27-28,34,36,41-44,46-53,55-57,59-63H,3-9,11,13-26,29-33,35,37-40H2,1-2H3,(H,54,58)/b12-10-,28-27+,36-34+. The molecule has 0 bridgehead atoms. The van der Waals surface area contributed by atoms with Crippen molar-refractivity contribution in [3.05, 3.63) is 36.5 Å². The lowest BCUT2D eigenvalue weighted by molar-refractivity contribution is -0.359. The second kappa shape index (κ2) is 39.9. The molecule has 0 saturated carbocycles. The lowest BCUT2D eigenvalue weighted by atomic mass is 9.97. The molecule has 0 aliphatic carbocycles. The number of hydrogen-bond donors (Lipinski definition) is 9. The Morgan fingerprint density at radius 3 is 1.51 bits per heavy atom. The molecule has 2 fully saturated rings. The highest BCUT2D eigenvalue weighted by Crippen LogP contribution is 2.30. The van der Waals surface area contributed by atoms with Crippen molar-refractivity contribution >= 4 is 5.91 Å². The lowest BCUT2D eigenvalue weighted by Crippen LogP contribution is -2.65. The van der Waals surface area contributed by atoms with Gasteiger partial charge in [0, 0.05) is 6.42 Å². The second-order valence-electron chi connectivity index (χ2n) is 19.0. The number of amides is 1. The third-order valence-corrected chi connectivity index (χ3v) is 13.0. The van der Waals surface area contributed by atoms with Crippen molar-refractivity contribution in [2.24, 2.45) is 0 Å². The molecule has 2 aliphatic heterocycles. The first-order chi connectivity index (χ1) is 32.6. The molecule has 12 unspecified atom stereocenters. The van der Waals surface area contributed by atoms with E-state index in [1.54, 1.807) is 6.08 Å². The van der Waals surface area contributed by atoms with E-state index < -0.39 is 86.8 Å². The van der Waals surface area contributed by atoms with Gasteiger partial charge in [-0.05, 0) is 51.4 Å². The van der Waals surface area contributed by atoms with E-state index in [2.05, 4.69) is 43.5 Å². The first-order valence-electron chi connectivity index (χ1n) is 26.7. The van der Waals surface area contributed by atoms with Crippen LogP contribution in [0.1, 0.15) is 200 Å². The zero-order chi connectivity index (χ0) is 48.9. The molecule has 392 valence electrons. The molecule has 9 N–H and O–H groups in total. The van der Waals surface area contributed by atoms with Crippen molar-refractivity contribution in [2.45, 2.75) is 274 Å². The quantitative estimate of drug-likeness (QED) is 0.0214. The Hall–Kier alpha value is -1.79. The summed E-state index contributed by atoms with van der Waals surface area (Å²) in [7, 11) is 0. The number of hydrogen-bond acceptors (Lipinski definition) is 13. The van der Waals surface area contributed by atoms with E-state index in [1.165, 1.54) is 116 Å². The molecule has 12 atom stereocenters. The van der Waals surface area contributed by atoms with E-state index in [4.69, 9.17) is 18.9 Å². The molecular weight excluding hydrogens is 859 g/mol. The van der Waals surface area contributed by atoms with Gasteiger partial charge in [0.25, 0.3) is 0 Å². The van der Waals surface area contributed by atoms with Crippen LogP contribution in [0.15, 0.2) is 36.5 Å². The van der Waals surface area contributed by atoms with Crippen LogP contribution < -0.4 is 5.32 Å². The van der Waals surface area contributed by atoms with Crippen LogP contribution in [0.4, 0.5) is 0 Å². The summed E-state index contributed by atoms with van der Waals surface area (Å²) in [5.74, 6) is -0.261. The van der Waals surface area contributed by atoms with Crippen molar-refractivity contribution in [1.82, 2.24) is 5.32 Å². The van der Waals surface area contributed by atoms with Gasteiger partial charge in [-0.3, -0.25) is 4.79 Å². The van der Waals surface area contributed by atoms with Gasteiger partial charge in [0.05, 0.1) is 32.0 Å². The highest BCUT2D eigenvalue weighted by atomic mass is 16.7. The summed E-state index contributed by atoms with van der Waals surface area (Å²) in [6.07, 6.45) is 29.1. The minimum Gasteiger partial charge on any atom is -0.394 e. The van der Waals surface area contributed by atoms with Gasteiger partial charge in [0.1, 0.15) is 48.8 Å². The van der Waals surface area contributed by atoms with E-state index in [-0.39, 0.29) is 18.9 Å². The number of rotatable bonds is 41. The molecule has 2 rings (SSSR count). The maximum atomic E-state index is 13.1. The molecule has 2 heterocycles. The predicted octanol–water partition coefficient (Wildman–Crippen LogP) is 7.49. The molecule has 0 spiro atoms. The van der Waals surface area contributed by atoms with Gasteiger partial charge < -0.3 is 65.1 Å². The summed E-state index contributed by atoms with van der Waals surface area (Å²) < 4.78 is 22.7. The molecule has 67 heavy (non-hydrogen) atoms. The molecule has 14 nitrogen and oxygen atoms in total. The summed E-state index contributed by atoms with van der Waals surface area (Å²) in [6, 6.07) is -0.933. The zero-order valence-electron chi connectivity index (χ0n) is 41.6. The van der Waals surface area contributed by atoms with Crippen LogP contribution in [0.5, 0.6) is 0 Å². The maximum absolute atomic E-state index is 13.1. The highest BCUT2D eigenvalue weighted by molar-refractivity contribution is 5.76. The highest BCUT2D eigenvalue weighted by Gasteiger charge is 2.51. The van der Waals surface area contributed by atoms with Gasteiger partial charge in [0.15, 0.2) is 12.6 Å². The van der Waals surface area contributed by atoms with E-state index in [0.29, 0.717) is 12.8 Å². The van der Waals surface area contributed by atoms with Crippen LogP contribution in [0, 0.1) is 0 Å². The van der Waals surface area contributed by atoms with E-state index in [9.17, 15) is 45.6 Å². The Morgan fingerprint density at radius 1 is 0.522 bits per heavy atom. The smallest absolute Gasteiger partial charge is 0.220 e. The Morgan fingerprint density at radius 2 is 0.970 bits per heavy atom. The van der Waals surface area contributed by atoms with Crippen LogP contribution in [0.2, 0.25) is 0 Å². The molecule has 1 amide bonds. The number of carbonyl (C=O) groups excluding carboxylic acids is 1. The maximum Gasteiger partial charge on any atom is 0.220 e. The molecular formula is C53H97NO13. The molecule has 0 radical (unpaired) electrons. The zero-order valence-corrected chi connectivity index (χ0v) is 41.6. The first-order valence-corrected chi connectivity index (χ1v) is 26.7. The fourth-order valence-corrected chi connectivity index (χ4v) is 8.64. The van der Waals surface area contributed by atoms with Crippen LogP contribution in [0.25, 0.3) is 0 Å². The third kappa shape index (κ3) is 26.8. The van der Waals surface area contributed by atoms with Gasteiger partial charge in [-0.1, -0.05) is 179 Å². The Kier molecular flexibility index (Phi) is 36.5. The van der Waals surface area contributed by atoms with Crippen molar-refractivity contribution in [3.8, 4) is 0 Å². The van der Waals surface area contributed by atoms with Crippen molar-refractivity contribution in [2.75, 3.05) is 19.8 Å². The van der Waals surface area contributed by atoms with Gasteiger partial charge in [-0.15, -0.1) is 0 Å². The number of ether oxygens (including phenoxy) is 4. The monoisotopic (exact) mass is 956 g/mol. The average Bonchev–Trinajstić information content (AvgIpc) is 3.32. The largest absolute Gasteiger partial charge is 0.394 e. The minimum atomic E-state index is -1.79. The van der Waals surface area contributed by atoms with E-state index >= 15 is 0 Å². The van der Waals surface area contributed by atoms with E-state index in [0.717, 1.165) is 51.4 Å². The predicted molar refractivity (Wildman–Crippen MR) is 263 cm³/mol. The number of carbonyl (C=O) groups is 1. The molecule has 14 heteroatoms. The number of unbranched alkanes of at least 4 members (excludes halogenated alkanes) is 24. The first kappa shape index (κ1) is 61.3. The van der Waals surface area contributed by atoms with Crippen LogP contribution in [-0.2, 0) is 23.7 Å². The molecule has 2 saturated heterocycles.